The second-order valence-electron chi connectivity index (χ2n) is 3.94. The number of benzene rings is 1. The minimum atomic E-state index is -1.14. The average molecular weight is 255 g/mol. The van der Waals surface area contributed by atoms with E-state index >= 15 is 0 Å². The molecule has 0 saturated heterocycles. The second-order valence-corrected chi connectivity index (χ2v) is 4.38. The van der Waals surface area contributed by atoms with E-state index in [0.29, 0.717) is 10.7 Å². The van der Waals surface area contributed by atoms with Crippen LogP contribution in [0, 0.1) is 5.92 Å². The maximum absolute atomic E-state index is 11.5. The third-order valence-corrected chi connectivity index (χ3v) is 2.43. The summed E-state index contributed by atoms with van der Waals surface area (Å²) in [5.74, 6) is -1.61. The van der Waals surface area contributed by atoms with Crippen LogP contribution in [0.1, 0.15) is 19.8 Å². The second kappa shape index (κ2) is 6.25. The van der Waals surface area contributed by atoms with E-state index in [2.05, 4.69) is 5.32 Å². The predicted molar refractivity (Wildman–Crippen MR) is 63.5 cm³/mol. The van der Waals surface area contributed by atoms with Crippen molar-refractivity contribution in [3.05, 3.63) is 29.3 Å². The number of amides is 1. The van der Waals surface area contributed by atoms with E-state index in [0.717, 1.165) is 0 Å². The normalized spacial score (nSPS) is 11.9. The highest BCUT2D eigenvalue weighted by molar-refractivity contribution is 6.30. The number of carbonyl (C=O) groups excluding carboxylic acids is 2. The Hall–Kier alpha value is -1.55. The molecule has 0 unspecified atom stereocenters. The quantitative estimate of drug-likeness (QED) is 0.865. The fraction of sp³-hybridized carbons (Fsp3) is 0.333. The number of aliphatic carboxylic acids is 1. The molecule has 1 amide bonds. The first kappa shape index (κ1) is 13.5. The van der Waals surface area contributed by atoms with Crippen LogP contribution in [0.15, 0.2) is 24.3 Å². The SMILES string of the molecule is C[C@@H](CC(=O)[O-])CC(=O)Nc1ccc(Cl)cc1. The van der Waals surface area contributed by atoms with Gasteiger partial charge in [0.1, 0.15) is 0 Å². The summed E-state index contributed by atoms with van der Waals surface area (Å²) < 4.78 is 0. The molecule has 1 rings (SSSR count). The van der Waals surface area contributed by atoms with Gasteiger partial charge < -0.3 is 15.2 Å². The minimum absolute atomic E-state index is 0.117. The molecule has 0 aliphatic rings. The van der Waals surface area contributed by atoms with E-state index in [1.807, 2.05) is 0 Å². The summed E-state index contributed by atoms with van der Waals surface area (Å²) in [4.78, 5) is 21.9. The van der Waals surface area contributed by atoms with E-state index < -0.39 is 5.97 Å². The van der Waals surface area contributed by atoms with Crippen LogP contribution in [0.25, 0.3) is 0 Å². The lowest BCUT2D eigenvalue weighted by atomic mass is 10.0. The number of nitrogens with one attached hydrogen (secondary N) is 1. The molecule has 4 nitrogen and oxygen atoms in total. The third-order valence-electron chi connectivity index (χ3n) is 2.18. The minimum Gasteiger partial charge on any atom is -0.550 e. The molecule has 1 atom stereocenters. The number of rotatable bonds is 5. The Kier molecular flexibility index (Phi) is 4.97. The summed E-state index contributed by atoms with van der Waals surface area (Å²) in [5.41, 5.74) is 0.639. The number of anilines is 1. The molecule has 0 fully saturated rings. The Morgan fingerprint density at radius 1 is 1.29 bits per heavy atom. The first-order valence-electron chi connectivity index (χ1n) is 5.22. The van der Waals surface area contributed by atoms with E-state index in [1.165, 1.54) is 0 Å². The number of carboxylic acid groups (broad SMARTS) is 1. The highest BCUT2D eigenvalue weighted by atomic mass is 35.5. The molecule has 17 heavy (non-hydrogen) atoms. The van der Waals surface area contributed by atoms with Crippen LogP contribution >= 0.6 is 11.6 Å². The Balaban J connectivity index is 2.44. The van der Waals surface area contributed by atoms with Gasteiger partial charge in [0.2, 0.25) is 5.91 Å². The van der Waals surface area contributed by atoms with Crippen LogP contribution < -0.4 is 10.4 Å². The number of halogens is 1. The first-order chi connectivity index (χ1) is 7.97. The fourth-order valence-corrected chi connectivity index (χ4v) is 1.54. The number of hydrogen-bond acceptors (Lipinski definition) is 3. The van der Waals surface area contributed by atoms with Gasteiger partial charge in [0.25, 0.3) is 0 Å². The maximum atomic E-state index is 11.5. The third kappa shape index (κ3) is 5.36. The van der Waals surface area contributed by atoms with Crippen LogP contribution in [-0.2, 0) is 9.59 Å². The monoisotopic (exact) mass is 254 g/mol. The molecule has 0 saturated carbocycles. The fourth-order valence-electron chi connectivity index (χ4n) is 1.42. The Morgan fingerprint density at radius 3 is 2.41 bits per heavy atom. The van der Waals surface area contributed by atoms with E-state index in [9.17, 15) is 14.7 Å². The van der Waals surface area contributed by atoms with Crippen LogP contribution in [0.4, 0.5) is 5.69 Å². The van der Waals surface area contributed by atoms with Gasteiger partial charge in [-0.2, -0.15) is 0 Å². The van der Waals surface area contributed by atoms with Crippen molar-refractivity contribution in [3.63, 3.8) is 0 Å². The van der Waals surface area contributed by atoms with Crippen LogP contribution in [0.3, 0.4) is 0 Å². The van der Waals surface area contributed by atoms with Crippen LogP contribution in [0.5, 0.6) is 0 Å². The van der Waals surface area contributed by atoms with Crippen molar-refractivity contribution in [2.45, 2.75) is 19.8 Å². The maximum Gasteiger partial charge on any atom is 0.224 e. The lowest BCUT2D eigenvalue weighted by molar-refractivity contribution is -0.306. The van der Waals surface area contributed by atoms with Crippen molar-refractivity contribution in [3.8, 4) is 0 Å². The van der Waals surface area contributed by atoms with Crippen LogP contribution in [0.2, 0.25) is 5.02 Å². The zero-order chi connectivity index (χ0) is 12.8. The highest BCUT2D eigenvalue weighted by Gasteiger charge is 2.09. The largest absolute Gasteiger partial charge is 0.550 e. The summed E-state index contributed by atoms with van der Waals surface area (Å²) >= 11 is 5.70. The molecule has 0 spiro atoms. The standard InChI is InChI=1S/C12H14ClNO3/c1-8(7-12(16)17)6-11(15)14-10-4-2-9(13)3-5-10/h2-5,8H,6-7H2,1H3,(H,14,15)(H,16,17)/p-1/t8-/m1/s1. The van der Waals surface area contributed by atoms with Crippen molar-refractivity contribution < 1.29 is 14.7 Å². The smallest absolute Gasteiger partial charge is 0.224 e. The van der Waals surface area contributed by atoms with Gasteiger partial charge in [-0.15, -0.1) is 0 Å². The van der Waals surface area contributed by atoms with Gasteiger partial charge in [0.05, 0.1) is 0 Å². The molecule has 0 bridgehead atoms. The summed E-state index contributed by atoms with van der Waals surface area (Å²) in [7, 11) is 0. The van der Waals surface area contributed by atoms with Gasteiger partial charge in [-0.05, 0) is 36.6 Å². The number of carboxylic acids is 1. The van der Waals surface area contributed by atoms with Gasteiger partial charge in [0.15, 0.2) is 0 Å². The Morgan fingerprint density at radius 2 is 1.88 bits per heavy atom. The Labute approximate surface area is 105 Å². The molecule has 5 heteroatoms. The number of carbonyl (C=O) groups is 2. The van der Waals surface area contributed by atoms with Gasteiger partial charge in [-0.3, -0.25) is 4.79 Å². The van der Waals surface area contributed by atoms with Gasteiger partial charge in [0, 0.05) is 23.1 Å². The van der Waals surface area contributed by atoms with Crippen molar-refractivity contribution in [1.82, 2.24) is 0 Å². The van der Waals surface area contributed by atoms with Crippen molar-refractivity contribution in [2.75, 3.05) is 5.32 Å². The van der Waals surface area contributed by atoms with Crippen molar-refractivity contribution in [2.24, 2.45) is 5.92 Å². The highest BCUT2D eigenvalue weighted by Crippen LogP contribution is 2.14. The van der Waals surface area contributed by atoms with E-state index in [4.69, 9.17) is 11.6 Å². The van der Waals surface area contributed by atoms with E-state index in [-0.39, 0.29) is 24.7 Å². The molecule has 0 aromatic heterocycles. The molecular weight excluding hydrogens is 242 g/mol. The lowest BCUT2D eigenvalue weighted by Gasteiger charge is -2.11. The molecule has 0 radical (unpaired) electrons. The van der Waals surface area contributed by atoms with Crippen molar-refractivity contribution in [1.29, 1.82) is 0 Å². The predicted octanol–water partition coefficient (Wildman–Crippen LogP) is 1.44. The van der Waals surface area contributed by atoms with Gasteiger partial charge in [-0.25, -0.2) is 0 Å². The summed E-state index contributed by atoms with van der Waals surface area (Å²) in [6, 6.07) is 6.71. The Bertz CT molecular complexity index is 403. The average Bonchev–Trinajstić information content (AvgIpc) is 2.19. The topological polar surface area (TPSA) is 69.2 Å². The lowest BCUT2D eigenvalue weighted by Crippen LogP contribution is -2.26. The molecular formula is C12H13ClNO3-. The van der Waals surface area contributed by atoms with Gasteiger partial charge >= 0.3 is 0 Å². The molecule has 1 aromatic rings. The van der Waals surface area contributed by atoms with Crippen LogP contribution in [-0.4, -0.2) is 11.9 Å². The zero-order valence-electron chi connectivity index (χ0n) is 9.40. The zero-order valence-corrected chi connectivity index (χ0v) is 10.2. The van der Waals surface area contributed by atoms with E-state index in [1.54, 1.807) is 31.2 Å². The molecule has 0 heterocycles. The van der Waals surface area contributed by atoms with Crippen molar-refractivity contribution >= 4 is 29.2 Å². The summed E-state index contributed by atoms with van der Waals surface area (Å²) in [6.07, 6.45) is 0.0324. The molecule has 0 aliphatic heterocycles. The molecule has 92 valence electrons. The molecule has 1 aromatic carbocycles. The first-order valence-corrected chi connectivity index (χ1v) is 5.60. The van der Waals surface area contributed by atoms with Gasteiger partial charge in [-0.1, -0.05) is 18.5 Å². The summed E-state index contributed by atoms with van der Waals surface area (Å²) in [5, 5.41) is 13.6. The number of hydrogen-bond donors (Lipinski definition) is 1. The summed E-state index contributed by atoms with van der Waals surface area (Å²) in [6.45, 7) is 1.69. The molecule has 1 N–H and O–H groups in total. The molecule has 0 aliphatic carbocycles.